The third-order valence-electron chi connectivity index (χ3n) is 6.95. The fourth-order valence-electron chi connectivity index (χ4n) is 4.94. The number of anilines is 1. The molecule has 194 valence electrons. The normalized spacial score (nSPS) is 18.2. The van der Waals surface area contributed by atoms with Gasteiger partial charge in [0.25, 0.3) is 5.91 Å². The zero-order chi connectivity index (χ0) is 26.3. The van der Waals surface area contributed by atoms with Crippen molar-refractivity contribution in [2.75, 3.05) is 19.1 Å². The summed E-state index contributed by atoms with van der Waals surface area (Å²) in [6, 6.07) is 12.7. The van der Waals surface area contributed by atoms with E-state index in [0.717, 1.165) is 11.5 Å². The van der Waals surface area contributed by atoms with Gasteiger partial charge in [-0.3, -0.25) is 4.79 Å². The molecule has 2 heterocycles. The fraction of sp³-hybridized carbons (Fsp3) is 0.333. The third-order valence-corrected chi connectivity index (χ3v) is 7.18. The number of furan rings is 1. The van der Waals surface area contributed by atoms with Crippen molar-refractivity contribution in [3.63, 3.8) is 0 Å². The summed E-state index contributed by atoms with van der Waals surface area (Å²) in [5.74, 6) is 0.605. The first-order chi connectivity index (χ1) is 17.6. The van der Waals surface area contributed by atoms with E-state index < -0.39 is 11.9 Å². The molecule has 2 aromatic carbocycles. The molecule has 1 fully saturated rings. The summed E-state index contributed by atoms with van der Waals surface area (Å²) in [6.07, 6.45) is -1.79. The molecule has 2 aromatic heterocycles. The highest BCUT2D eigenvalue weighted by molar-refractivity contribution is 6.31. The van der Waals surface area contributed by atoms with Gasteiger partial charge in [0.1, 0.15) is 17.0 Å². The molecule has 5 rings (SSSR count). The first-order valence-electron chi connectivity index (χ1n) is 11.9. The van der Waals surface area contributed by atoms with Gasteiger partial charge in [0, 0.05) is 40.6 Å². The first kappa shape index (κ1) is 25.2. The van der Waals surface area contributed by atoms with Gasteiger partial charge in [-0.2, -0.15) is 13.2 Å². The lowest BCUT2D eigenvalue weighted by Gasteiger charge is -2.36. The van der Waals surface area contributed by atoms with Crippen LogP contribution >= 0.6 is 11.6 Å². The minimum absolute atomic E-state index is 0.00233. The number of methoxy groups -OCH3 is 1. The summed E-state index contributed by atoms with van der Waals surface area (Å²) in [4.78, 5) is 18.5. The van der Waals surface area contributed by atoms with Gasteiger partial charge < -0.3 is 19.4 Å². The predicted molar refractivity (Wildman–Crippen MR) is 136 cm³/mol. The van der Waals surface area contributed by atoms with Crippen molar-refractivity contribution in [1.29, 1.82) is 0 Å². The molecule has 1 amide bonds. The molecule has 4 aromatic rings. The number of pyridine rings is 1. The number of fused-ring (bicyclic) bond motifs is 2. The number of ether oxygens (including phenoxy) is 1. The van der Waals surface area contributed by atoms with Crippen LogP contribution in [0.25, 0.3) is 21.9 Å². The van der Waals surface area contributed by atoms with Gasteiger partial charge in [0.05, 0.1) is 12.6 Å². The van der Waals surface area contributed by atoms with E-state index in [9.17, 15) is 18.0 Å². The van der Waals surface area contributed by atoms with Crippen molar-refractivity contribution in [1.82, 2.24) is 10.3 Å². The summed E-state index contributed by atoms with van der Waals surface area (Å²) in [5.41, 5.74) is 0.336. The number of benzene rings is 2. The molecule has 0 spiro atoms. The number of aromatic nitrogens is 1. The number of amides is 1. The van der Waals surface area contributed by atoms with Crippen LogP contribution in [-0.2, 0) is 6.18 Å². The number of carbonyl (C=O) groups is 1. The number of halogens is 4. The lowest BCUT2D eigenvalue weighted by molar-refractivity contribution is -0.140. The van der Waals surface area contributed by atoms with E-state index in [1.807, 2.05) is 4.90 Å². The van der Waals surface area contributed by atoms with E-state index in [0.29, 0.717) is 53.1 Å². The second-order valence-electron chi connectivity index (χ2n) is 9.29. The standard InChI is InChI=1S/C27H25ClF3N3O3/c1-34(22-14-25(27(29,30)31)33-21-9-3-16(28)13-20(21)22)18-6-4-17(5-7-18)32-26(35)24-12-15-11-19(36-2)8-10-23(15)37-24/h3,8-14,17-18H,4-7H2,1-2H3,(H,32,35)/t17-,18+. The zero-order valence-corrected chi connectivity index (χ0v) is 21.0. The van der Waals surface area contributed by atoms with E-state index in [1.165, 1.54) is 12.1 Å². The first-order valence-corrected chi connectivity index (χ1v) is 12.3. The molecule has 1 N–H and O–H groups in total. The van der Waals surface area contributed by atoms with Crippen LogP contribution in [0.15, 0.2) is 52.9 Å². The van der Waals surface area contributed by atoms with Gasteiger partial charge in [0.2, 0.25) is 0 Å². The Balaban J connectivity index is 1.29. The highest BCUT2D eigenvalue weighted by Gasteiger charge is 2.35. The van der Waals surface area contributed by atoms with Crippen LogP contribution in [0.2, 0.25) is 5.02 Å². The second-order valence-corrected chi connectivity index (χ2v) is 9.73. The average molecular weight is 532 g/mol. The Morgan fingerprint density at radius 1 is 1.11 bits per heavy atom. The number of hydrogen-bond acceptors (Lipinski definition) is 5. The number of carbonyl (C=O) groups excluding carboxylic acids is 1. The van der Waals surface area contributed by atoms with Gasteiger partial charge in [0.15, 0.2) is 5.76 Å². The van der Waals surface area contributed by atoms with Crippen LogP contribution in [0, 0.1) is 0 Å². The quantitative estimate of drug-likeness (QED) is 0.305. The van der Waals surface area contributed by atoms with E-state index in [4.69, 9.17) is 20.8 Å². The SMILES string of the molecule is COc1ccc2oc(C(=O)N[C@H]3CC[C@@H](N(C)c4cc(C(F)(F)F)nc5ccc(Cl)cc45)CC3)cc2c1. The second kappa shape index (κ2) is 9.78. The topological polar surface area (TPSA) is 67.6 Å². The molecule has 0 radical (unpaired) electrons. The maximum absolute atomic E-state index is 13.5. The molecule has 10 heteroatoms. The van der Waals surface area contributed by atoms with E-state index >= 15 is 0 Å². The molecule has 0 atom stereocenters. The van der Waals surface area contributed by atoms with Gasteiger partial charge in [-0.05, 0) is 74.2 Å². The van der Waals surface area contributed by atoms with Gasteiger partial charge in [-0.1, -0.05) is 11.6 Å². The molecule has 1 saturated carbocycles. The number of nitrogens with one attached hydrogen (secondary N) is 1. The maximum Gasteiger partial charge on any atom is 0.433 e. The molecule has 0 aliphatic heterocycles. The predicted octanol–water partition coefficient (Wildman–Crippen LogP) is 6.84. The summed E-state index contributed by atoms with van der Waals surface area (Å²) >= 11 is 6.15. The molecule has 37 heavy (non-hydrogen) atoms. The van der Waals surface area contributed by atoms with Crippen molar-refractivity contribution >= 4 is 45.1 Å². The number of alkyl halides is 3. The highest BCUT2D eigenvalue weighted by atomic mass is 35.5. The van der Waals surface area contributed by atoms with Crippen LogP contribution in [0.1, 0.15) is 41.9 Å². The molecular formula is C27H25ClF3N3O3. The average Bonchev–Trinajstić information content (AvgIpc) is 3.31. The van der Waals surface area contributed by atoms with Crippen molar-refractivity contribution in [2.45, 2.75) is 43.9 Å². The van der Waals surface area contributed by atoms with Crippen molar-refractivity contribution in [3.8, 4) is 5.75 Å². The largest absolute Gasteiger partial charge is 0.497 e. The molecule has 1 aliphatic rings. The third kappa shape index (κ3) is 5.18. The monoisotopic (exact) mass is 531 g/mol. The lowest BCUT2D eigenvalue weighted by Crippen LogP contribution is -2.43. The Kier molecular flexibility index (Phi) is 6.66. The molecule has 0 saturated heterocycles. The molecule has 0 unspecified atom stereocenters. The fourth-order valence-corrected chi connectivity index (χ4v) is 5.11. The highest BCUT2D eigenvalue weighted by Crippen LogP contribution is 2.37. The van der Waals surface area contributed by atoms with Gasteiger partial charge in [-0.25, -0.2) is 4.98 Å². The zero-order valence-electron chi connectivity index (χ0n) is 20.2. The van der Waals surface area contributed by atoms with Crippen molar-refractivity contribution < 1.29 is 27.1 Å². The number of rotatable bonds is 5. The minimum atomic E-state index is -4.56. The Morgan fingerprint density at radius 3 is 2.57 bits per heavy atom. The van der Waals surface area contributed by atoms with Gasteiger partial charge >= 0.3 is 6.18 Å². The Labute approximate surface area is 216 Å². The van der Waals surface area contributed by atoms with Gasteiger partial charge in [-0.15, -0.1) is 0 Å². The molecule has 6 nitrogen and oxygen atoms in total. The summed E-state index contributed by atoms with van der Waals surface area (Å²) in [7, 11) is 3.37. The lowest BCUT2D eigenvalue weighted by atomic mass is 9.89. The van der Waals surface area contributed by atoms with Crippen LogP contribution in [0.3, 0.4) is 0 Å². The Hall–Kier alpha value is -3.46. The minimum Gasteiger partial charge on any atom is -0.497 e. The summed E-state index contributed by atoms with van der Waals surface area (Å²) in [6.45, 7) is 0. The Bertz CT molecular complexity index is 1460. The molecule has 0 bridgehead atoms. The smallest absolute Gasteiger partial charge is 0.433 e. The molecular weight excluding hydrogens is 507 g/mol. The van der Waals surface area contributed by atoms with Crippen LogP contribution in [0.4, 0.5) is 18.9 Å². The Morgan fingerprint density at radius 2 is 1.86 bits per heavy atom. The summed E-state index contributed by atoms with van der Waals surface area (Å²) in [5, 5.41) is 4.81. The van der Waals surface area contributed by atoms with E-state index in [1.54, 1.807) is 44.5 Å². The van der Waals surface area contributed by atoms with Crippen LogP contribution < -0.4 is 15.0 Å². The van der Waals surface area contributed by atoms with Crippen LogP contribution in [0.5, 0.6) is 5.75 Å². The van der Waals surface area contributed by atoms with E-state index in [-0.39, 0.29) is 29.3 Å². The van der Waals surface area contributed by atoms with Crippen molar-refractivity contribution in [2.24, 2.45) is 0 Å². The maximum atomic E-state index is 13.5. The summed E-state index contributed by atoms with van der Waals surface area (Å²) < 4.78 is 51.5. The number of nitrogens with zero attached hydrogens (tertiary/aromatic N) is 2. The molecule has 1 aliphatic carbocycles. The van der Waals surface area contributed by atoms with E-state index in [2.05, 4.69) is 10.3 Å². The van der Waals surface area contributed by atoms with Crippen molar-refractivity contribution in [3.05, 3.63) is 65.0 Å². The van der Waals surface area contributed by atoms with Crippen LogP contribution in [-0.4, -0.2) is 37.1 Å². The number of hydrogen-bond donors (Lipinski definition) is 1.